The van der Waals surface area contributed by atoms with E-state index in [4.69, 9.17) is 34.1 Å². The summed E-state index contributed by atoms with van der Waals surface area (Å²) in [6.07, 6.45) is -0.327. The zero-order chi connectivity index (χ0) is 57.5. The van der Waals surface area contributed by atoms with Crippen LogP contribution in [0.3, 0.4) is 0 Å². The predicted molar refractivity (Wildman–Crippen MR) is 275 cm³/mol. The molecule has 0 aromatic heterocycles. The molecule has 1 aromatic carbocycles. The number of guanidine groups is 1. The van der Waals surface area contributed by atoms with Crippen molar-refractivity contribution in [1.82, 2.24) is 47.9 Å². The van der Waals surface area contributed by atoms with E-state index in [9.17, 15) is 68.1 Å². The number of aliphatic carboxylic acids is 2. The average Bonchev–Trinajstić information content (AvgIpc) is 3.35. The average molecular weight is 1080 g/mol. The van der Waals surface area contributed by atoms with Crippen LogP contribution in [0.4, 0.5) is 0 Å². The van der Waals surface area contributed by atoms with Crippen LogP contribution in [0.5, 0.6) is 5.75 Å². The normalized spacial score (nSPS) is 14.1. The van der Waals surface area contributed by atoms with Crippen molar-refractivity contribution in [3.8, 4) is 5.75 Å². The van der Waals surface area contributed by atoms with E-state index < -0.39 is 152 Å². The molecule has 29 nitrogen and oxygen atoms in total. The first-order valence-electron chi connectivity index (χ1n) is 24.9. The minimum Gasteiger partial charge on any atom is -0.508 e. The number of rotatable bonds is 38. The van der Waals surface area contributed by atoms with Crippen LogP contribution in [0.15, 0.2) is 24.3 Å². The van der Waals surface area contributed by atoms with E-state index in [2.05, 4.69) is 47.9 Å². The summed E-state index contributed by atoms with van der Waals surface area (Å²) in [6.45, 7) is 4.51. The fraction of sp³-hybridized carbons (Fsp3) is 0.617. The van der Waals surface area contributed by atoms with Gasteiger partial charge in [-0.25, -0.2) is 0 Å². The predicted octanol–water partition coefficient (Wildman–Crippen LogP) is -4.82. The summed E-state index contributed by atoms with van der Waals surface area (Å²) >= 11 is 0. The molecule has 1 aromatic rings. The van der Waals surface area contributed by atoms with Crippen LogP contribution in [0, 0.1) is 11.3 Å². The maximum atomic E-state index is 14.1. The van der Waals surface area contributed by atoms with Gasteiger partial charge in [-0.1, -0.05) is 26.0 Å². The number of carboxylic acids is 2. The summed E-state index contributed by atoms with van der Waals surface area (Å²) in [5.41, 5.74) is 28.3. The van der Waals surface area contributed by atoms with Crippen molar-refractivity contribution in [3.05, 3.63) is 29.8 Å². The second-order valence-corrected chi connectivity index (χ2v) is 18.3. The largest absolute Gasteiger partial charge is 0.508 e. The molecule has 0 aliphatic rings. The van der Waals surface area contributed by atoms with Crippen molar-refractivity contribution >= 4 is 71.1 Å². The van der Waals surface area contributed by atoms with E-state index in [0.717, 1.165) is 0 Å². The van der Waals surface area contributed by atoms with Gasteiger partial charge in [-0.3, -0.25) is 58.1 Å². The third-order valence-electron chi connectivity index (χ3n) is 11.5. The Bertz CT molecular complexity index is 2130. The van der Waals surface area contributed by atoms with Gasteiger partial charge >= 0.3 is 11.9 Å². The number of hydrogen-bond donors (Lipinski definition) is 18. The highest BCUT2D eigenvalue weighted by Crippen LogP contribution is 2.14. The zero-order valence-corrected chi connectivity index (χ0v) is 43.2. The molecule has 0 bridgehead atoms. The number of nitrogens with two attached hydrogens (primary N) is 5. The van der Waals surface area contributed by atoms with Crippen LogP contribution in [-0.2, 0) is 59.2 Å². The molecule has 1 rings (SSSR count). The number of phenolic OH excluding ortho intramolecular Hbond substituents is 1. The molecule has 0 heterocycles. The first kappa shape index (κ1) is 66.4. The number of phenols is 1. The van der Waals surface area contributed by atoms with E-state index in [1.165, 1.54) is 31.2 Å². The van der Waals surface area contributed by atoms with E-state index in [-0.39, 0.29) is 56.9 Å². The number of carbonyl (C=O) groups excluding carboxylic acids is 9. The van der Waals surface area contributed by atoms with Crippen LogP contribution in [0.25, 0.3) is 0 Å². The summed E-state index contributed by atoms with van der Waals surface area (Å²) in [6, 6.07) is -5.72. The summed E-state index contributed by atoms with van der Waals surface area (Å²) in [7, 11) is 0. The molecule has 0 spiro atoms. The fourth-order valence-corrected chi connectivity index (χ4v) is 7.16. The van der Waals surface area contributed by atoms with E-state index in [1.54, 1.807) is 13.8 Å². The lowest BCUT2D eigenvalue weighted by molar-refractivity contribution is -0.141. The minimum atomic E-state index is -1.66. The molecule has 9 amide bonds. The Morgan fingerprint density at radius 3 is 1.51 bits per heavy atom. The number of unbranched alkanes of at least 4 members (excludes halogenated alkanes) is 2. The SMILES string of the molecule is CC(C)[C@H](NC(=O)[C@H](CCCCN)NC(=O)CNC(=O)[C@@H](N)CCCNC(=N)N)C(=O)N[C@@H](CCC(N)=O)C(=O)N[C@@H](CCCCN)C(=O)N[C@@H](CCC(=O)O)C(=O)N[C@@H](Cc1ccc(O)cc1)C(=O)N[C@@H](C)C(=O)O. The first-order chi connectivity index (χ1) is 35.8. The quantitative estimate of drug-likeness (QED) is 0.0168. The van der Waals surface area contributed by atoms with E-state index in [1.807, 2.05) is 0 Å². The molecule has 0 aliphatic heterocycles. The topological polar surface area (TPSA) is 511 Å². The number of hydrogen-bond acceptors (Lipinski definition) is 16. The van der Waals surface area contributed by atoms with Crippen molar-refractivity contribution in [2.24, 2.45) is 34.6 Å². The summed E-state index contributed by atoms with van der Waals surface area (Å²) in [5, 5.41) is 58.2. The molecular weight excluding hydrogens is 999 g/mol. The monoisotopic (exact) mass is 1080 g/mol. The lowest BCUT2D eigenvalue weighted by Gasteiger charge is -2.29. The van der Waals surface area contributed by atoms with Gasteiger partial charge in [-0.2, -0.15) is 0 Å². The Morgan fingerprint density at radius 1 is 0.553 bits per heavy atom. The Hall–Kier alpha value is -7.66. The van der Waals surface area contributed by atoms with Gasteiger partial charge < -0.3 is 91.8 Å². The van der Waals surface area contributed by atoms with Gasteiger partial charge in [0.25, 0.3) is 0 Å². The maximum absolute atomic E-state index is 14.1. The Balaban J connectivity index is 3.42. The number of benzene rings is 1. The molecule has 76 heavy (non-hydrogen) atoms. The molecule has 0 unspecified atom stereocenters. The Labute approximate surface area is 440 Å². The van der Waals surface area contributed by atoms with Crippen LogP contribution in [-0.4, -0.2) is 161 Å². The second-order valence-electron chi connectivity index (χ2n) is 18.3. The smallest absolute Gasteiger partial charge is 0.325 e. The molecule has 23 N–H and O–H groups in total. The molecule has 0 fully saturated rings. The van der Waals surface area contributed by atoms with Crippen molar-refractivity contribution in [1.29, 1.82) is 5.41 Å². The summed E-state index contributed by atoms with van der Waals surface area (Å²) in [5.74, 6) is -11.8. The minimum absolute atomic E-state index is 0.0652. The molecular formula is C47H79N15O14. The number of nitrogens with one attached hydrogen (secondary N) is 10. The van der Waals surface area contributed by atoms with Gasteiger partial charge in [0.05, 0.1) is 12.6 Å². The van der Waals surface area contributed by atoms with E-state index in [0.29, 0.717) is 37.8 Å². The Morgan fingerprint density at radius 2 is 1.03 bits per heavy atom. The lowest BCUT2D eigenvalue weighted by Crippen LogP contribution is -2.60. The molecule has 29 heteroatoms. The zero-order valence-electron chi connectivity index (χ0n) is 43.2. The number of carboxylic acid groups (broad SMARTS) is 2. The van der Waals surface area contributed by atoms with Crippen LogP contribution >= 0.6 is 0 Å². The van der Waals surface area contributed by atoms with Crippen LogP contribution < -0.4 is 76.5 Å². The number of carbonyl (C=O) groups is 11. The highest BCUT2D eigenvalue weighted by atomic mass is 16.4. The van der Waals surface area contributed by atoms with Gasteiger partial charge in [-0.05, 0) is 108 Å². The van der Waals surface area contributed by atoms with Crippen molar-refractivity contribution < 1.29 is 68.1 Å². The molecule has 0 radical (unpaired) electrons. The van der Waals surface area contributed by atoms with Crippen LogP contribution in [0.2, 0.25) is 0 Å². The fourth-order valence-electron chi connectivity index (χ4n) is 7.16. The van der Waals surface area contributed by atoms with Gasteiger partial charge in [0, 0.05) is 25.8 Å². The molecule has 0 saturated heterocycles. The van der Waals surface area contributed by atoms with Crippen LogP contribution in [0.1, 0.15) is 103 Å². The highest BCUT2D eigenvalue weighted by molar-refractivity contribution is 5.98. The summed E-state index contributed by atoms with van der Waals surface area (Å²) < 4.78 is 0. The third kappa shape index (κ3) is 27.0. The first-order valence-corrected chi connectivity index (χ1v) is 24.9. The van der Waals surface area contributed by atoms with Gasteiger partial charge in [-0.15, -0.1) is 0 Å². The molecule has 0 saturated carbocycles. The molecule has 0 aliphatic carbocycles. The highest BCUT2D eigenvalue weighted by Gasteiger charge is 2.35. The maximum Gasteiger partial charge on any atom is 0.325 e. The molecule has 8 atom stereocenters. The third-order valence-corrected chi connectivity index (χ3v) is 11.5. The van der Waals surface area contributed by atoms with Crippen molar-refractivity contribution in [3.63, 3.8) is 0 Å². The van der Waals surface area contributed by atoms with Crippen molar-refractivity contribution in [2.45, 2.75) is 153 Å². The van der Waals surface area contributed by atoms with Gasteiger partial charge in [0.15, 0.2) is 5.96 Å². The van der Waals surface area contributed by atoms with Crippen molar-refractivity contribution in [2.75, 3.05) is 26.2 Å². The number of primary amides is 1. The lowest BCUT2D eigenvalue weighted by atomic mass is 10.00. The second kappa shape index (κ2) is 35.5. The van der Waals surface area contributed by atoms with E-state index >= 15 is 0 Å². The standard InChI is InChI=1S/C47H79N15O14/c1-25(2)38(62-43(72)30(10-4-6-20-48)57-36(65)24-55-39(68)29(50)9-8-22-54-47(52)53)45(74)60-32(16-18-35(51)64)41(70)58-31(11-5-7-21-49)40(69)59-33(17-19-37(66)67)42(71)61-34(44(73)56-26(3)46(75)76)23-27-12-14-28(63)15-13-27/h12-15,25-26,29-34,38,63H,4-11,16-24,48-50H2,1-3H3,(H2,51,64)(H,55,68)(H,56,73)(H,57,65)(H,58,70)(H,59,69)(H,60,74)(H,61,71)(H,62,72)(H,66,67)(H,75,76)(H4,52,53,54)/t26-,29-,30-,31-,32-,33-,34-,38-/m0/s1. The number of aromatic hydroxyl groups is 1. The Kier molecular flexibility index (Phi) is 31.0. The molecule has 426 valence electrons. The van der Waals surface area contributed by atoms with Gasteiger partial charge in [0.1, 0.15) is 48.0 Å². The number of amides is 9. The summed E-state index contributed by atoms with van der Waals surface area (Å²) in [4.78, 5) is 144. The van der Waals surface area contributed by atoms with Gasteiger partial charge in [0.2, 0.25) is 53.2 Å².